The van der Waals surface area contributed by atoms with Gasteiger partial charge in [-0.3, -0.25) is 0 Å². The van der Waals surface area contributed by atoms with Gasteiger partial charge in [-0.1, -0.05) is 11.6 Å². The minimum atomic E-state index is -1.03. The Hall–Kier alpha value is -2.14. The van der Waals surface area contributed by atoms with Gasteiger partial charge in [-0.15, -0.1) is 0 Å². The number of halogens is 2. The third-order valence-corrected chi connectivity index (χ3v) is 4.18. The Morgan fingerprint density at radius 3 is 2.86 bits per heavy atom. The number of carboxylic acid groups (broad SMARTS) is 1. The lowest BCUT2D eigenvalue weighted by molar-refractivity contribution is 0.0690. The van der Waals surface area contributed by atoms with Crippen LogP contribution in [0.2, 0.25) is 5.02 Å². The number of hydrogen-bond donors (Lipinski definition) is 1. The van der Waals surface area contributed by atoms with Crippen LogP contribution in [0.1, 0.15) is 34.6 Å². The highest BCUT2D eigenvalue weighted by molar-refractivity contribution is 6.30. The molecule has 1 unspecified atom stereocenters. The quantitative estimate of drug-likeness (QED) is 0.916. The van der Waals surface area contributed by atoms with E-state index in [9.17, 15) is 9.18 Å². The highest BCUT2D eigenvalue weighted by Gasteiger charge is 2.26. The molecule has 3 rings (SSSR count). The topological polar surface area (TPSA) is 53.4 Å². The molecule has 1 aromatic heterocycles. The van der Waals surface area contributed by atoms with E-state index in [2.05, 4.69) is 4.98 Å². The SMILES string of the molecule is CC1c2cnc(C(=O)O)cc2CCN1c1cc(F)cc(Cl)c1. The van der Waals surface area contributed by atoms with Crippen molar-refractivity contribution in [2.24, 2.45) is 0 Å². The number of aromatic carboxylic acids is 1. The predicted molar refractivity (Wildman–Crippen MR) is 82.1 cm³/mol. The largest absolute Gasteiger partial charge is 0.477 e. The summed E-state index contributed by atoms with van der Waals surface area (Å²) in [4.78, 5) is 17.0. The van der Waals surface area contributed by atoms with E-state index in [0.717, 1.165) is 11.1 Å². The Bertz CT molecular complexity index is 731. The lowest BCUT2D eigenvalue weighted by Crippen LogP contribution is -2.34. The third-order valence-electron chi connectivity index (χ3n) is 3.96. The van der Waals surface area contributed by atoms with Gasteiger partial charge in [-0.25, -0.2) is 14.2 Å². The fraction of sp³-hybridized carbons (Fsp3) is 0.250. The van der Waals surface area contributed by atoms with Crippen molar-refractivity contribution in [2.75, 3.05) is 11.4 Å². The summed E-state index contributed by atoms with van der Waals surface area (Å²) >= 11 is 5.93. The van der Waals surface area contributed by atoms with Gasteiger partial charge in [-0.05, 0) is 48.7 Å². The van der Waals surface area contributed by atoms with Gasteiger partial charge in [0.05, 0.1) is 6.04 Å². The van der Waals surface area contributed by atoms with Crippen LogP contribution in [-0.2, 0) is 6.42 Å². The number of benzene rings is 1. The molecule has 0 bridgehead atoms. The van der Waals surface area contributed by atoms with E-state index in [4.69, 9.17) is 16.7 Å². The molecule has 2 heterocycles. The second kappa shape index (κ2) is 5.57. The summed E-state index contributed by atoms with van der Waals surface area (Å²) in [6, 6.07) is 6.03. The van der Waals surface area contributed by atoms with Crippen LogP contribution in [0.15, 0.2) is 30.5 Å². The molecule has 0 radical (unpaired) electrons. The van der Waals surface area contributed by atoms with Crippen molar-refractivity contribution in [3.63, 3.8) is 0 Å². The van der Waals surface area contributed by atoms with Gasteiger partial charge in [0, 0.05) is 23.5 Å². The molecule has 0 saturated heterocycles. The van der Waals surface area contributed by atoms with Crippen LogP contribution in [-0.4, -0.2) is 22.6 Å². The molecule has 1 aromatic carbocycles. The van der Waals surface area contributed by atoms with Gasteiger partial charge >= 0.3 is 5.97 Å². The molecular formula is C16H14ClFN2O2. The smallest absolute Gasteiger partial charge is 0.354 e. The Morgan fingerprint density at radius 2 is 2.18 bits per heavy atom. The van der Waals surface area contributed by atoms with Crippen molar-refractivity contribution < 1.29 is 14.3 Å². The van der Waals surface area contributed by atoms with Crippen LogP contribution in [0.3, 0.4) is 0 Å². The molecule has 1 aliphatic heterocycles. The number of carbonyl (C=O) groups is 1. The van der Waals surface area contributed by atoms with Gasteiger partial charge in [-0.2, -0.15) is 0 Å². The summed E-state index contributed by atoms with van der Waals surface area (Å²) in [6.45, 7) is 2.65. The molecule has 0 aliphatic carbocycles. The monoisotopic (exact) mass is 320 g/mol. The van der Waals surface area contributed by atoms with Gasteiger partial charge in [0.2, 0.25) is 0 Å². The minimum Gasteiger partial charge on any atom is -0.477 e. The number of aromatic nitrogens is 1. The summed E-state index contributed by atoms with van der Waals surface area (Å²) in [5.41, 5.74) is 2.69. The number of hydrogen-bond acceptors (Lipinski definition) is 3. The first-order chi connectivity index (χ1) is 10.5. The third kappa shape index (κ3) is 2.64. The zero-order valence-corrected chi connectivity index (χ0v) is 12.6. The summed E-state index contributed by atoms with van der Waals surface area (Å²) in [5.74, 6) is -1.41. The number of fused-ring (bicyclic) bond motifs is 1. The zero-order valence-electron chi connectivity index (χ0n) is 11.9. The fourth-order valence-corrected chi connectivity index (χ4v) is 3.09. The lowest BCUT2D eigenvalue weighted by atomic mass is 9.94. The van der Waals surface area contributed by atoms with Gasteiger partial charge in [0.15, 0.2) is 0 Å². The van der Waals surface area contributed by atoms with Crippen molar-refractivity contribution in [2.45, 2.75) is 19.4 Å². The van der Waals surface area contributed by atoms with E-state index < -0.39 is 5.97 Å². The maximum atomic E-state index is 13.6. The van der Waals surface area contributed by atoms with Crippen LogP contribution >= 0.6 is 11.6 Å². The van der Waals surface area contributed by atoms with Crippen LogP contribution in [0.25, 0.3) is 0 Å². The van der Waals surface area contributed by atoms with Crippen LogP contribution in [0.5, 0.6) is 0 Å². The van der Waals surface area contributed by atoms with E-state index in [1.165, 1.54) is 12.1 Å². The first-order valence-corrected chi connectivity index (χ1v) is 7.28. The molecule has 2 aromatic rings. The molecule has 0 spiro atoms. The average Bonchev–Trinajstić information content (AvgIpc) is 2.46. The second-order valence-corrected chi connectivity index (χ2v) is 5.76. The molecule has 0 saturated carbocycles. The second-order valence-electron chi connectivity index (χ2n) is 5.32. The minimum absolute atomic E-state index is 0.0306. The molecule has 114 valence electrons. The average molecular weight is 321 g/mol. The maximum absolute atomic E-state index is 13.6. The van der Waals surface area contributed by atoms with E-state index in [1.807, 2.05) is 11.8 Å². The van der Waals surface area contributed by atoms with E-state index in [1.54, 1.807) is 18.3 Å². The molecule has 6 heteroatoms. The van der Waals surface area contributed by atoms with Gasteiger partial charge in [0.25, 0.3) is 0 Å². The lowest BCUT2D eigenvalue weighted by Gasteiger charge is -2.37. The van der Waals surface area contributed by atoms with E-state index >= 15 is 0 Å². The molecule has 1 atom stereocenters. The standard InChI is InChI=1S/C16H14ClFN2O2/c1-9-14-8-19-15(16(21)22)4-10(14)2-3-20(9)13-6-11(17)5-12(18)7-13/h4-9H,2-3H2,1H3,(H,21,22). The molecule has 4 nitrogen and oxygen atoms in total. The van der Waals surface area contributed by atoms with Crippen molar-refractivity contribution in [1.82, 2.24) is 4.98 Å². The molecule has 1 aliphatic rings. The van der Waals surface area contributed by atoms with Crippen molar-refractivity contribution in [1.29, 1.82) is 0 Å². The Kier molecular flexibility index (Phi) is 3.74. The van der Waals surface area contributed by atoms with Crippen LogP contribution < -0.4 is 4.90 Å². The molecule has 0 fully saturated rings. The fourth-order valence-electron chi connectivity index (χ4n) is 2.88. The van der Waals surface area contributed by atoms with Gasteiger partial charge < -0.3 is 10.0 Å². The Labute approximate surface area is 132 Å². The highest BCUT2D eigenvalue weighted by Crippen LogP contribution is 2.34. The van der Waals surface area contributed by atoms with E-state index in [0.29, 0.717) is 23.7 Å². The Balaban J connectivity index is 1.97. The normalized spacial score (nSPS) is 17.2. The summed E-state index contributed by atoms with van der Waals surface area (Å²) < 4.78 is 13.6. The summed E-state index contributed by atoms with van der Waals surface area (Å²) in [5, 5.41) is 9.37. The van der Waals surface area contributed by atoms with Crippen molar-refractivity contribution in [3.8, 4) is 0 Å². The first-order valence-electron chi connectivity index (χ1n) is 6.90. The number of carboxylic acids is 1. The van der Waals surface area contributed by atoms with Crippen molar-refractivity contribution >= 4 is 23.3 Å². The molecule has 22 heavy (non-hydrogen) atoms. The predicted octanol–water partition coefficient (Wildman–Crippen LogP) is 3.70. The Morgan fingerprint density at radius 1 is 1.41 bits per heavy atom. The zero-order chi connectivity index (χ0) is 15.9. The van der Waals surface area contributed by atoms with Crippen molar-refractivity contribution in [3.05, 3.63) is 58.1 Å². The van der Waals surface area contributed by atoms with Crippen LogP contribution in [0.4, 0.5) is 10.1 Å². The molecule has 1 N–H and O–H groups in total. The number of nitrogens with zero attached hydrogens (tertiary/aromatic N) is 2. The van der Waals surface area contributed by atoms with E-state index in [-0.39, 0.29) is 17.6 Å². The number of anilines is 1. The summed E-state index contributed by atoms with van der Waals surface area (Å²) in [7, 11) is 0. The molecule has 0 amide bonds. The first kappa shape index (κ1) is 14.8. The summed E-state index contributed by atoms with van der Waals surface area (Å²) in [6.07, 6.45) is 2.27. The van der Waals surface area contributed by atoms with Gasteiger partial charge in [0.1, 0.15) is 11.5 Å². The molecular weight excluding hydrogens is 307 g/mol. The highest BCUT2D eigenvalue weighted by atomic mass is 35.5. The number of pyridine rings is 1. The number of rotatable bonds is 2. The maximum Gasteiger partial charge on any atom is 0.354 e. The van der Waals surface area contributed by atoms with Crippen LogP contribution in [0, 0.1) is 5.82 Å².